The highest BCUT2D eigenvalue weighted by Gasteiger charge is 2.31. The lowest BCUT2D eigenvalue weighted by Gasteiger charge is -2.39. The molecule has 6 nitrogen and oxygen atoms in total. The molecule has 1 aliphatic carbocycles. The quantitative estimate of drug-likeness (QED) is 0.722. The first-order valence-electron chi connectivity index (χ1n) is 11.7. The van der Waals surface area contributed by atoms with Crippen LogP contribution in [0.1, 0.15) is 36.8 Å². The molecule has 2 aromatic rings. The summed E-state index contributed by atoms with van der Waals surface area (Å²) in [5, 5.41) is 2.83. The van der Waals surface area contributed by atoms with Gasteiger partial charge in [-0.05, 0) is 24.0 Å². The molecule has 6 heteroatoms. The summed E-state index contributed by atoms with van der Waals surface area (Å²) in [6.07, 6.45) is 5.07. The maximum atomic E-state index is 13.4. The minimum atomic E-state index is -0.640. The molecule has 0 spiro atoms. The van der Waals surface area contributed by atoms with Crippen LogP contribution in [-0.2, 0) is 22.6 Å². The Kier molecular flexibility index (Phi) is 7.77. The Morgan fingerprint density at radius 3 is 2.09 bits per heavy atom. The molecular weight excluding hydrogens is 402 g/mol. The second-order valence-electron chi connectivity index (χ2n) is 8.75. The molecule has 1 aliphatic heterocycles. The average molecular weight is 436 g/mol. The van der Waals surface area contributed by atoms with Crippen molar-refractivity contribution in [1.29, 1.82) is 0 Å². The van der Waals surface area contributed by atoms with Gasteiger partial charge >= 0.3 is 6.09 Å². The van der Waals surface area contributed by atoms with Crippen molar-refractivity contribution in [3.8, 4) is 0 Å². The molecule has 4 rings (SSSR count). The SMILES string of the molecule is O=C(N[C@H](Cc1ccccc1)C(=O)N1CCN(C2CCCC2)CC1)OCc1ccccc1. The van der Waals surface area contributed by atoms with Crippen LogP contribution in [-0.4, -0.2) is 60.1 Å². The third-order valence-electron chi connectivity index (χ3n) is 6.55. The fraction of sp³-hybridized carbons (Fsp3) is 0.462. The van der Waals surface area contributed by atoms with Crippen molar-refractivity contribution in [2.75, 3.05) is 26.2 Å². The fourth-order valence-electron chi connectivity index (χ4n) is 4.75. The second-order valence-corrected chi connectivity index (χ2v) is 8.75. The van der Waals surface area contributed by atoms with Gasteiger partial charge in [0, 0.05) is 38.6 Å². The number of alkyl carbamates (subject to hydrolysis) is 1. The molecule has 2 aliphatic rings. The van der Waals surface area contributed by atoms with Crippen LogP contribution in [0.15, 0.2) is 60.7 Å². The smallest absolute Gasteiger partial charge is 0.408 e. The maximum Gasteiger partial charge on any atom is 0.408 e. The predicted molar refractivity (Wildman–Crippen MR) is 124 cm³/mol. The number of nitrogens with zero attached hydrogens (tertiary/aromatic N) is 2. The molecule has 170 valence electrons. The van der Waals surface area contributed by atoms with E-state index in [-0.39, 0.29) is 12.5 Å². The Balaban J connectivity index is 1.36. The van der Waals surface area contributed by atoms with Crippen LogP contribution in [0, 0.1) is 0 Å². The molecule has 0 bridgehead atoms. The predicted octanol–water partition coefficient (Wildman–Crippen LogP) is 3.61. The molecule has 1 saturated heterocycles. The van der Waals surface area contributed by atoms with Gasteiger partial charge in [-0.2, -0.15) is 0 Å². The van der Waals surface area contributed by atoms with Gasteiger partial charge in [0.25, 0.3) is 0 Å². The van der Waals surface area contributed by atoms with Crippen molar-refractivity contribution < 1.29 is 14.3 Å². The first-order chi connectivity index (χ1) is 15.7. The largest absolute Gasteiger partial charge is 0.445 e. The maximum absolute atomic E-state index is 13.4. The number of amides is 2. The van der Waals surface area contributed by atoms with Crippen LogP contribution >= 0.6 is 0 Å². The first-order valence-corrected chi connectivity index (χ1v) is 11.7. The third kappa shape index (κ3) is 6.10. The van der Waals surface area contributed by atoms with Crippen molar-refractivity contribution in [2.24, 2.45) is 0 Å². The number of carbonyl (C=O) groups is 2. The van der Waals surface area contributed by atoms with E-state index in [1.54, 1.807) is 0 Å². The lowest BCUT2D eigenvalue weighted by molar-refractivity contribution is -0.135. The van der Waals surface area contributed by atoms with Crippen LogP contribution in [0.4, 0.5) is 4.79 Å². The molecule has 2 aromatic carbocycles. The standard InChI is InChI=1S/C26H33N3O3/c30-25(29-17-15-28(16-18-29)23-13-7-8-14-23)24(19-21-9-3-1-4-10-21)27-26(31)32-20-22-11-5-2-6-12-22/h1-6,9-12,23-24H,7-8,13-20H2,(H,27,31)/t24-/m1/s1. The lowest BCUT2D eigenvalue weighted by Crippen LogP contribution is -2.56. The van der Waals surface area contributed by atoms with Gasteiger partial charge in [0.2, 0.25) is 5.91 Å². The van der Waals surface area contributed by atoms with E-state index in [4.69, 9.17) is 4.74 Å². The van der Waals surface area contributed by atoms with Gasteiger partial charge in [-0.3, -0.25) is 9.69 Å². The van der Waals surface area contributed by atoms with E-state index in [9.17, 15) is 9.59 Å². The summed E-state index contributed by atoms with van der Waals surface area (Å²) >= 11 is 0. The molecule has 2 amide bonds. The van der Waals surface area contributed by atoms with Crippen molar-refractivity contribution in [3.05, 3.63) is 71.8 Å². The Morgan fingerprint density at radius 2 is 1.47 bits per heavy atom. The van der Waals surface area contributed by atoms with Gasteiger partial charge in [0.15, 0.2) is 0 Å². The van der Waals surface area contributed by atoms with Crippen molar-refractivity contribution >= 4 is 12.0 Å². The minimum Gasteiger partial charge on any atom is -0.445 e. The highest BCUT2D eigenvalue weighted by Crippen LogP contribution is 2.24. The van der Waals surface area contributed by atoms with E-state index >= 15 is 0 Å². The molecule has 1 heterocycles. The van der Waals surface area contributed by atoms with Gasteiger partial charge in [0.05, 0.1) is 0 Å². The Bertz CT molecular complexity index is 860. The highest BCUT2D eigenvalue weighted by atomic mass is 16.5. The van der Waals surface area contributed by atoms with Gasteiger partial charge < -0.3 is 15.0 Å². The number of ether oxygens (including phenoxy) is 1. The number of hydrogen-bond acceptors (Lipinski definition) is 4. The van der Waals surface area contributed by atoms with Gasteiger partial charge in [-0.1, -0.05) is 73.5 Å². The summed E-state index contributed by atoms with van der Waals surface area (Å²) in [5.41, 5.74) is 1.93. The summed E-state index contributed by atoms with van der Waals surface area (Å²) < 4.78 is 5.39. The van der Waals surface area contributed by atoms with E-state index in [0.717, 1.165) is 24.2 Å². The molecule has 1 saturated carbocycles. The van der Waals surface area contributed by atoms with E-state index in [1.165, 1.54) is 25.7 Å². The molecule has 32 heavy (non-hydrogen) atoms. The van der Waals surface area contributed by atoms with E-state index < -0.39 is 12.1 Å². The second kappa shape index (κ2) is 11.1. The summed E-state index contributed by atoms with van der Waals surface area (Å²) in [6.45, 7) is 3.42. The highest BCUT2D eigenvalue weighted by molar-refractivity contribution is 5.86. The molecular formula is C26H33N3O3. The van der Waals surface area contributed by atoms with Crippen LogP contribution < -0.4 is 5.32 Å². The van der Waals surface area contributed by atoms with Gasteiger partial charge in [-0.15, -0.1) is 0 Å². The molecule has 1 N–H and O–H groups in total. The fourth-order valence-corrected chi connectivity index (χ4v) is 4.75. The van der Waals surface area contributed by atoms with Crippen LogP contribution in [0.3, 0.4) is 0 Å². The van der Waals surface area contributed by atoms with Crippen molar-refractivity contribution in [1.82, 2.24) is 15.1 Å². The average Bonchev–Trinajstić information content (AvgIpc) is 3.38. The van der Waals surface area contributed by atoms with E-state index in [0.29, 0.717) is 25.6 Å². The Labute approximate surface area is 190 Å². The normalized spacial score (nSPS) is 18.3. The zero-order chi connectivity index (χ0) is 22.2. The molecule has 0 aromatic heterocycles. The molecule has 0 unspecified atom stereocenters. The summed E-state index contributed by atoms with van der Waals surface area (Å²) in [4.78, 5) is 30.3. The third-order valence-corrected chi connectivity index (χ3v) is 6.55. The monoisotopic (exact) mass is 435 g/mol. The molecule has 1 atom stereocenters. The lowest BCUT2D eigenvalue weighted by atomic mass is 10.0. The molecule has 2 fully saturated rings. The zero-order valence-electron chi connectivity index (χ0n) is 18.6. The number of benzene rings is 2. The van der Waals surface area contributed by atoms with Crippen LogP contribution in [0.25, 0.3) is 0 Å². The Morgan fingerprint density at radius 1 is 0.875 bits per heavy atom. The topological polar surface area (TPSA) is 61.9 Å². The van der Waals surface area contributed by atoms with E-state index in [2.05, 4.69) is 10.2 Å². The van der Waals surface area contributed by atoms with Crippen LogP contribution in [0.5, 0.6) is 0 Å². The van der Waals surface area contributed by atoms with Crippen LogP contribution in [0.2, 0.25) is 0 Å². The van der Waals surface area contributed by atoms with Gasteiger partial charge in [-0.25, -0.2) is 4.79 Å². The van der Waals surface area contributed by atoms with Crippen molar-refractivity contribution in [2.45, 2.75) is 50.8 Å². The van der Waals surface area contributed by atoms with Crippen molar-refractivity contribution in [3.63, 3.8) is 0 Å². The van der Waals surface area contributed by atoms with E-state index in [1.807, 2.05) is 65.6 Å². The summed E-state index contributed by atoms with van der Waals surface area (Å²) in [5.74, 6) is -0.0309. The minimum absolute atomic E-state index is 0.0309. The number of hydrogen-bond donors (Lipinski definition) is 1. The first kappa shape index (κ1) is 22.3. The summed E-state index contributed by atoms with van der Waals surface area (Å²) in [7, 11) is 0. The molecule has 0 radical (unpaired) electrons. The number of piperazine rings is 1. The summed E-state index contributed by atoms with van der Waals surface area (Å²) in [6, 6.07) is 19.4. The Hall–Kier alpha value is -2.86. The zero-order valence-corrected chi connectivity index (χ0v) is 18.6. The number of rotatable bonds is 7. The number of nitrogens with one attached hydrogen (secondary N) is 1. The number of carbonyl (C=O) groups excluding carboxylic acids is 2. The van der Waals surface area contributed by atoms with Gasteiger partial charge in [0.1, 0.15) is 12.6 Å².